The minimum Gasteiger partial charge on any atom is -0.481 e. The summed E-state index contributed by atoms with van der Waals surface area (Å²) in [6, 6.07) is 21.0. The Balaban J connectivity index is 0.000000795. The van der Waals surface area contributed by atoms with E-state index in [-0.39, 0.29) is 5.84 Å². The van der Waals surface area contributed by atoms with Gasteiger partial charge in [0.1, 0.15) is 12.4 Å². The molecule has 0 radical (unpaired) electrons. The molecule has 3 aromatic carbocycles. The Kier molecular flexibility index (Phi) is 7.67. The zero-order valence-corrected chi connectivity index (χ0v) is 18.9. The van der Waals surface area contributed by atoms with Crippen LogP contribution in [0.25, 0.3) is 21.8 Å². The number of fused-ring (bicyclic) bond motifs is 3. The van der Waals surface area contributed by atoms with Crippen LogP contribution in [0.15, 0.2) is 71.8 Å². The number of aromatic nitrogens is 1. The number of hydrazone groups is 1. The number of carbonyl (C=O) groups excluding carboxylic acids is 1. The summed E-state index contributed by atoms with van der Waals surface area (Å²) in [5, 5.41) is 24.2. The zero-order chi connectivity index (χ0) is 25.5. The third-order valence-corrected chi connectivity index (χ3v) is 5.14. The maximum absolute atomic E-state index is 12.2. The van der Waals surface area contributed by atoms with E-state index >= 15 is 0 Å². The molecule has 10 nitrogen and oxygen atoms in total. The number of carboxylic acids is 2. The van der Waals surface area contributed by atoms with Gasteiger partial charge in [0.15, 0.2) is 0 Å². The second-order valence-corrected chi connectivity index (χ2v) is 7.65. The van der Waals surface area contributed by atoms with Gasteiger partial charge in [0.2, 0.25) is 0 Å². The summed E-state index contributed by atoms with van der Waals surface area (Å²) >= 11 is 0. The molecule has 0 aliphatic rings. The Labute approximate surface area is 200 Å². The van der Waals surface area contributed by atoms with Gasteiger partial charge in [-0.1, -0.05) is 30.3 Å². The fraction of sp³-hybridized carbons (Fsp3) is 0.120. The van der Waals surface area contributed by atoms with Crippen LogP contribution in [0.4, 0.5) is 0 Å². The number of benzene rings is 3. The van der Waals surface area contributed by atoms with Crippen LogP contribution in [-0.2, 0) is 16.1 Å². The molecule has 7 N–H and O–H groups in total. The number of carboxylic acid groups (broad SMARTS) is 2. The number of amidine groups is 1. The van der Waals surface area contributed by atoms with Crippen molar-refractivity contribution in [3.05, 3.63) is 83.4 Å². The molecule has 0 saturated carbocycles. The lowest BCUT2D eigenvalue weighted by Gasteiger charge is -2.10. The van der Waals surface area contributed by atoms with Crippen molar-refractivity contribution in [1.82, 2.24) is 9.88 Å². The van der Waals surface area contributed by atoms with Gasteiger partial charge >= 0.3 is 5.97 Å². The molecular formula is C25H25N5O5. The maximum Gasteiger partial charge on any atom is 0.322 e. The quantitative estimate of drug-likeness (QED) is 0.123. The summed E-state index contributed by atoms with van der Waals surface area (Å²) in [5.41, 5.74) is 10.0. The standard InChI is InChI=1S/C23H21N5O3.C2H4O2/c24-22(27-25)15-8-9-20-18(11-15)17-6-1-2-7-19(17)28(20)13-14-4-3-5-16(10-14)23(31)26-12-21(29)30;1-2(3)4/h1-11H,12-13,25H2,(H2,24,27)(H,26,31)(H,29,30);1H3,(H,3,4). The number of nitrogens with two attached hydrogens (primary N) is 2. The lowest BCUT2D eigenvalue weighted by Crippen LogP contribution is -2.29. The number of rotatable bonds is 6. The lowest BCUT2D eigenvalue weighted by atomic mass is 10.1. The number of aliphatic carboxylic acids is 2. The van der Waals surface area contributed by atoms with Crippen molar-refractivity contribution in [2.45, 2.75) is 13.5 Å². The Hall–Kier alpha value is -4.86. The van der Waals surface area contributed by atoms with Crippen molar-refractivity contribution < 1.29 is 24.6 Å². The van der Waals surface area contributed by atoms with E-state index in [1.807, 2.05) is 48.5 Å². The highest BCUT2D eigenvalue weighted by atomic mass is 16.4. The molecule has 4 aromatic rings. The molecule has 180 valence electrons. The molecule has 0 atom stereocenters. The van der Waals surface area contributed by atoms with Gasteiger partial charge in [0.05, 0.1) is 0 Å². The Morgan fingerprint density at radius 2 is 1.60 bits per heavy atom. The van der Waals surface area contributed by atoms with Gasteiger partial charge < -0.3 is 31.7 Å². The first-order valence-electron chi connectivity index (χ1n) is 10.5. The molecular weight excluding hydrogens is 450 g/mol. The summed E-state index contributed by atoms with van der Waals surface area (Å²) < 4.78 is 2.17. The van der Waals surface area contributed by atoms with Gasteiger partial charge in [-0.3, -0.25) is 14.4 Å². The van der Waals surface area contributed by atoms with Gasteiger partial charge in [0.25, 0.3) is 11.9 Å². The van der Waals surface area contributed by atoms with E-state index in [0.717, 1.165) is 39.9 Å². The average Bonchev–Trinajstić information content (AvgIpc) is 3.14. The summed E-state index contributed by atoms with van der Waals surface area (Å²) in [6.07, 6.45) is 0. The highest BCUT2D eigenvalue weighted by Crippen LogP contribution is 2.30. The molecule has 0 aliphatic heterocycles. The van der Waals surface area contributed by atoms with Gasteiger partial charge in [-0.2, -0.15) is 5.10 Å². The summed E-state index contributed by atoms with van der Waals surface area (Å²) in [7, 11) is 0. The highest BCUT2D eigenvalue weighted by Gasteiger charge is 2.13. The molecule has 4 rings (SSSR count). The van der Waals surface area contributed by atoms with Gasteiger partial charge in [0, 0.05) is 46.4 Å². The van der Waals surface area contributed by atoms with E-state index in [2.05, 4.69) is 15.0 Å². The Morgan fingerprint density at radius 3 is 2.29 bits per heavy atom. The Bertz CT molecular complexity index is 1440. The van der Waals surface area contributed by atoms with E-state index in [9.17, 15) is 9.59 Å². The first kappa shape index (κ1) is 24.8. The molecule has 0 spiro atoms. The third-order valence-electron chi connectivity index (χ3n) is 5.14. The number of nitrogens with one attached hydrogen (secondary N) is 1. The number of hydrogen-bond donors (Lipinski definition) is 5. The second-order valence-electron chi connectivity index (χ2n) is 7.65. The smallest absolute Gasteiger partial charge is 0.322 e. The third kappa shape index (κ3) is 5.93. The van der Waals surface area contributed by atoms with Gasteiger partial charge in [-0.25, -0.2) is 0 Å². The first-order chi connectivity index (χ1) is 16.7. The molecule has 10 heteroatoms. The van der Waals surface area contributed by atoms with Crippen LogP contribution in [0.1, 0.15) is 28.4 Å². The molecule has 0 fully saturated rings. The van der Waals surface area contributed by atoms with E-state index < -0.39 is 24.4 Å². The fourth-order valence-corrected chi connectivity index (χ4v) is 3.71. The monoisotopic (exact) mass is 475 g/mol. The lowest BCUT2D eigenvalue weighted by molar-refractivity contribution is -0.136. The number of para-hydroxylation sites is 1. The molecule has 0 aliphatic carbocycles. The molecule has 0 unspecified atom stereocenters. The van der Waals surface area contributed by atoms with E-state index in [1.54, 1.807) is 18.2 Å². The van der Waals surface area contributed by atoms with Crippen LogP contribution in [0.2, 0.25) is 0 Å². The van der Waals surface area contributed by atoms with Crippen molar-refractivity contribution in [1.29, 1.82) is 0 Å². The van der Waals surface area contributed by atoms with Crippen molar-refractivity contribution in [3.8, 4) is 0 Å². The molecule has 1 heterocycles. The minimum atomic E-state index is -1.09. The minimum absolute atomic E-state index is 0.263. The number of hydrogen-bond acceptors (Lipinski definition) is 5. The zero-order valence-electron chi connectivity index (χ0n) is 18.9. The predicted octanol–water partition coefficient (Wildman–Crippen LogP) is 2.33. The normalized spacial score (nSPS) is 11.1. The van der Waals surface area contributed by atoms with Crippen LogP contribution in [0.3, 0.4) is 0 Å². The predicted molar refractivity (Wildman–Crippen MR) is 133 cm³/mol. The van der Waals surface area contributed by atoms with Crippen molar-refractivity contribution in [2.75, 3.05) is 6.54 Å². The summed E-state index contributed by atoms with van der Waals surface area (Å²) in [4.78, 5) is 32.0. The van der Waals surface area contributed by atoms with Crippen LogP contribution in [-0.4, -0.2) is 45.0 Å². The van der Waals surface area contributed by atoms with Gasteiger partial charge in [-0.15, -0.1) is 0 Å². The van der Waals surface area contributed by atoms with Crippen LogP contribution in [0, 0.1) is 0 Å². The molecule has 35 heavy (non-hydrogen) atoms. The molecule has 1 amide bonds. The van der Waals surface area contributed by atoms with E-state index in [1.165, 1.54) is 0 Å². The fourth-order valence-electron chi connectivity index (χ4n) is 3.71. The SMILES string of the molecule is CC(=O)O.N/N=C(\N)c1ccc2c(c1)c1ccccc1n2Cc1cccc(C(=O)NCC(=O)O)c1. The van der Waals surface area contributed by atoms with Crippen molar-refractivity contribution in [3.63, 3.8) is 0 Å². The average molecular weight is 476 g/mol. The molecule has 0 saturated heterocycles. The van der Waals surface area contributed by atoms with Crippen LogP contribution >= 0.6 is 0 Å². The highest BCUT2D eigenvalue weighted by molar-refractivity contribution is 6.11. The first-order valence-corrected chi connectivity index (χ1v) is 10.5. The topological polar surface area (TPSA) is 173 Å². The summed E-state index contributed by atoms with van der Waals surface area (Å²) in [6.45, 7) is 1.19. The maximum atomic E-state index is 12.2. The second kappa shape index (κ2) is 10.8. The summed E-state index contributed by atoms with van der Waals surface area (Å²) in [5.74, 6) is 3.25. The largest absolute Gasteiger partial charge is 0.481 e. The molecule has 1 aromatic heterocycles. The van der Waals surface area contributed by atoms with E-state index in [0.29, 0.717) is 12.1 Å². The van der Waals surface area contributed by atoms with Crippen molar-refractivity contribution in [2.24, 2.45) is 16.7 Å². The van der Waals surface area contributed by atoms with Gasteiger partial charge in [-0.05, 0) is 42.0 Å². The number of nitrogens with zero attached hydrogens (tertiary/aromatic N) is 2. The van der Waals surface area contributed by atoms with Crippen LogP contribution < -0.4 is 16.9 Å². The Morgan fingerprint density at radius 1 is 0.914 bits per heavy atom. The van der Waals surface area contributed by atoms with Crippen molar-refractivity contribution >= 4 is 45.5 Å². The number of amides is 1. The number of carbonyl (C=O) groups is 3. The molecule has 0 bridgehead atoms. The van der Waals surface area contributed by atoms with Crippen LogP contribution in [0.5, 0.6) is 0 Å². The van der Waals surface area contributed by atoms with E-state index in [4.69, 9.17) is 26.6 Å².